The molecule has 2 rings (SSSR count). The summed E-state index contributed by atoms with van der Waals surface area (Å²) in [4.78, 5) is 0. The molecule has 1 heterocycles. The van der Waals surface area contributed by atoms with E-state index in [4.69, 9.17) is 16.3 Å². The average Bonchev–Trinajstić information content (AvgIpc) is 2.85. The summed E-state index contributed by atoms with van der Waals surface area (Å²) < 4.78 is 5.28. The van der Waals surface area contributed by atoms with Gasteiger partial charge in [-0.15, -0.1) is 10.2 Å². The van der Waals surface area contributed by atoms with Crippen molar-refractivity contribution in [1.82, 2.24) is 10.2 Å². The first-order valence-corrected chi connectivity index (χ1v) is 6.81. The highest BCUT2D eigenvalue weighted by molar-refractivity contribution is 7.15. The molecule has 0 aliphatic rings. The molecule has 4 nitrogen and oxygen atoms in total. The number of nitrogens with zero attached hydrogens (tertiary/aromatic N) is 2. The first-order chi connectivity index (χ1) is 8.74. The van der Waals surface area contributed by atoms with Crippen LogP contribution in [0.5, 0.6) is 5.75 Å². The van der Waals surface area contributed by atoms with Crippen molar-refractivity contribution in [3.63, 3.8) is 0 Å². The Labute approximate surface area is 115 Å². The molecule has 6 heteroatoms. The average molecular weight is 284 g/mol. The third-order valence-electron chi connectivity index (χ3n) is 2.48. The zero-order valence-electron chi connectivity index (χ0n) is 10.2. The zero-order chi connectivity index (χ0) is 13.0. The van der Waals surface area contributed by atoms with Crippen molar-refractivity contribution in [2.75, 3.05) is 12.4 Å². The third kappa shape index (κ3) is 2.91. The molecule has 2 aromatic rings. The molecule has 1 aromatic carbocycles. The number of aromatic nitrogens is 2. The number of nitrogens with one attached hydrogen (secondary N) is 1. The zero-order valence-corrected chi connectivity index (χ0v) is 11.8. The van der Waals surface area contributed by atoms with Gasteiger partial charge in [-0.1, -0.05) is 35.9 Å². The van der Waals surface area contributed by atoms with Gasteiger partial charge in [0.25, 0.3) is 0 Å². The van der Waals surface area contributed by atoms with Crippen LogP contribution in [0.15, 0.2) is 18.2 Å². The smallest absolute Gasteiger partial charge is 0.205 e. The molecule has 0 aliphatic carbocycles. The predicted octanol–water partition coefficient (Wildman–Crippen LogP) is 3.37. The summed E-state index contributed by atoms with van der Waals surface area (Å²) in [7, 11) is 1.63. The van der Waals surface area contributed by atoms with Crippen LogP contribution >= 0.6 is 22.9 Å². The molecule has 0 saturated carbocycles. The number of methoxy groups -OCH3 is 1. The molecule has 18 heavy (non-hydrogen) atoms. The summed E-state index contributed by atoms with van der Waals surface area (Å²) in [5, 5.41) is 13.8. The van der Waals surface area contributed by atoms with Crippen LogP contribution in [0, 0.1) is 0 Å². The summed E-state index contributed by atoms with van der Waals surface area (Å²) in [5.74, 6) is 0.773. The summed E-state index contributed by atoms with van der Waals surface area (Å²) in [6, 6.07) is 5.60. The lowest BCUT2D eigenvalue weighted by atomic mass is 10.2. The first kappa shape index (κ1) is 13.1. The van der Waals surface area contributed by atoms with Crippen LogP contribution in [0.1, 0.15) is 17.5 Å². The van der Waals surface area contributed by atoms with Crippen molar-refractivity contribution < 1.29 is 4.74 Å². The maximum Gasteiger partial charge on any atom is 0.205 e. The number of hydrogen-bond acceptors (Lipinski definition) is 5. The quantitative estimate of drug-likeness (QED) is 0.914. The number of halogens is 1. The molecule has 0 saturated heterocycles. The molecular weight excluding hydrogens is 270 g/mol. The molecule has 0 bridgehead atoms. The molecule has 0 unspecified atom stereocenters. The monoisotopic (exact) mass is 283 g/mol. The van der Waals surface area contributed by atoms with Gasteiger partial charge in [-0.05, 0) is 18.6 Å². The van der Waals surface area contributed by atoms with Crippen LogP contribution in [-0.4, -0.2) is 17.3 Å². The Balaban J connectivity index is 2.10. The van der Waals surface area contributed by atoms with Gasteiger partial charge in [0, 0.05) is 17.1 Å². The van der Waals surface area contributed by atoms with E-state index in [-0.39, 0.29) is 0 Å². The van der Waals surface area contributed by atoms with Crippen LogP contribution in [-0.2, 0) is 13.0 Å². The van der Waals surface area contributed by atoms with Gasteiger partial charge in [-0.3, -0.25) is 0 Å². The Kier molecular flexibility index (Phi) is 4.38. The van der Waals surface area contributed by atoms with Crippen molar-refractivity contribution in [3.05, 3.63) is 33.8 Å². The minimum atomic E-state index is 0.571. The summed E-state index contributed by atoms with van der Waals surface area (Å²) in [6.45, 7) is 2.63. The second-order valence-electron chi connectivity index (χ2n) is 3.63. The second kappa shape index (κ2) is 6.02. The SMILES string of the molecule is CCc1nnc(NCc2c(Cl)cccc2OC)s1. The molecular formula is C12H14ClN3OS. The van der Waals surface area contributed by atoms with E-state index in [2.05, 4.69) is 22.4 Å². The normalized spacial score (nSPS) is 10.4. The van der Waals surface area contributed by atoms with Crippen LogP contribution in [0.3, 0.4) is 0 Å². The molecule has 0 atom stereocenters. The number of aryl methyl sites for hydroxylation is 1. The molecule has 0 spiro atoms. The predicted molar refractivity (Wildman–Crippen MR) is 74.6 cm³/mol. The minimum absolute atomic E-state index is 0.571. The summed E-state index contributed by atoms with van der Waals surface area (Å²) >= 11 is 7.71. The van der Waals surface area contributed by atoms with Gasteiger partial charge in [0.15, 0.2) is 0 Å². The Morgan fingerprint density at radius 1 is 1.39 bits per heavy atom. The number of rotatable bonds is 5. The van der Waals surface area contributed by atoms with E-state index in [1.54, 1.807) is 18.4 Å². The highest BCUT2D eigenvalue weighted by Crippen LogP contribution is 2.27. The molecule has 1 aromatic heterocycles. The standard InChI is InChI=1S/C12H14ClN3OS/c1-3-11-15-16-12(18-11)14-7-8-9(13)5-4-6-10(8)17-2/h4-6H,3,7H2,1-2H3,(H,14,16). The number of benzene rings is 1. The van der Waals surface area contributed by atoms with E-state index in [9.17, 15) is 0 Å². The van der Waals surface area contributed by atoms with Gasteiger partial charge in [0.1, 0.15) is 10.8 Å². The molecule has 0 amide bonds. The highest BCUT2D eigenvalue weighted by atomic mass is 35.5. The largest absolute Gasteiger partial charge is 0.496 e. The van der Waals surface area contributed by atoms with E-state index in [1.807, 2.05) is 18.2 Å². The Bertz CT molecular complexity index is 530. The van der Waals surface area contributed by atoms with Gasteiger partial charge in [0.2, 0.25) is 5.13 Å². The lowest BCUT2D eigenvalue weighted by Crippen LogP contribution is -2.02. The van der Waals surface area contributed by atoms with E-state index in [0.717, 1.165) is 27.9 Å². The first-order valence-electron chi connectivity index (χ1n) is 5.62. The van der Waals surface area contributed by atoms with Gasteiger partial charge < -0.3 is 10.1 Å². The lowest BCUT2D eigenvalue weighted by molar-refractivity contribution is 0.410. The van der Waals surface area contributed by atoms with Crippen LogP contribution in [0.25, 0.3) is 0 Å². The Morgan fingerprint density at radius 2 is 2.22 bits per heavy atom. The van der Waals surface area contributed by atoms with Gasteiger partial charge in [0.05, 0.1) is 7.11 Å². The van der Waals surface area contributed by atoms with Crippen molar-refractivity contribution in [2.45, 2.75) is 19.9 Å². The molecule has 0 fully saturated rings. The Hall–Kier alpha value is -1.33. The van der Waals surface area contributed by atoms with Gasteiger partial charge in [-0.2, -0.15) is 0 Å². The van der Waals surface area contributed by atoms with E-state index < -0.39 is 0 Å². The Morgan fingerprint density at radius 3 is 2.89 bits per heavy atom. The number of ether oxygens (including phenoxy) is 1. The third-order valence-corrected chi connectivity index (χ3v) is 3.86. The molecule has 96 valence electrons. The highest BCUT2D eigenvalue weighted by Gasteiger charge is 2.08. The maximum atomic E-state index is 6.15. The van der Waals surface area contributed by atoms with Crippen LogP contribution < -0.4 is 10.1 Å². The minimum Gasteiger partial charge on any atom is -0.496 e. The number of anilines is 1. The fourth-order valence-electron chi connectivity index (χ4n) is 1.53. The van der Waals surface area contributed by atoms with Crippen molar-refractivity contribution in [1.29, 1.82) is 0 Å². The van der Waals surface area contributed by atoms with Gasteiger partial charge >= 0.3 is 0 Å². The molecule has 0 aliphatic heterocycles. The topological polar surface area (TPSA) is 47.0 Å². The van der Waals surface area contributed by atoms with Crippen molar-refractivity contribution >= 4 is 28.1 Å². The second-order valence-corrected chi connectivity index (χ2v) is 5.10. The summed E-state index contributed by atoms with van der Waals surface area (Å²) in [5.41, 5.74) is 0.926. The van der Waals surface area contributed by atoms with E-state index in [0.29, 0.717) is 11.6 Å². The van der Waals surface area contributed by atoms with Crippen LogP contribution in [0.4, 0.5) is 5.13 Å². The summed E-state index contributed by atoms with van der Waals surface area (Å²) in [6.07, 6.45) is 0.898. The van der Waals surface area contributed by atoms with E-state index in [1.165, 1.54) is 0 Å². The van der Waals surface area contributed by atoms with Gasteiger partial charge in [-0.25, -0.2) is 0 Å². The lowest BCUT2D eigenvalue weighted by Gasteiger charge is -2.10. The van der Waals surface area contributed by atoms with Crippen molar-refractivity contribution in [2.24, 2.45) is 0 Å². The maximum absolute atomic E-state index is 6.15. The van der Waals surface area contributed by atoms with Crippen LogP contribution in [0.2, 0.25) is 5.02 Å². The molecule has 1 N–H and O–H groups in total. The fourth-order valence-corrected chi connectivity index (χ4v) is 2.44. The van der Waals surface area contributed by atoms with E-state index >= 15 is 0 Å². The number of hydrogen-bond donors (Lipinski definition) is 1. The fraction of sp³-hybridized carbons (Fsp3) is 0.333. The van der Waals surface area contributed by atoms with Crippen molar-refractivity contribution in [3.8, 4) is 5.75 Å². The molecule has 0 radical (unpaired) electrons.